The lowest BCUT2D eigenvalue weighted by atomic mass is 10.1. The van der Waals surface area contributed by atoms with Gasteiger partial charge in [-0.05, 0) is 11.8 Å². The third kappa shape index (κ3) is 9.80. The van der Waals surface area contributed by atoms with Crippen molar-refractivity contribution in [1.29, 1.82) is 0 Å². The van der Waals surface area contributed by atoms with E-state index < -0.39 is 0 Å². The molecule has 16 heavy (non-hydrogen) atoms. The second kappa shape index (κ2) is 8.42. The fourth-order valence-corrected chi connectivity index (χ4v) is 1.24. The van der Waals surface area contributed by atoms with Crippen molar-refractivity contribution in [1.82, 2.24) is 0 Å². The molecule has 0 aromatic carbocycles. The van der Waals surface area contributed by atoms with Gasteiger partial charge in [-0.1, -0.05) is 27.7 Å². The normalized spacial score (nSPS) is 11.1. The lowest BCUT2D eigenvalue weighted by Gasteiger charge is -2.06. The Balaban J connectivity index is 3.46. The molecule has 0 heterocycles. The van der Waals surface area contributed by atoms with Crippen molar-refractivity contribution in [2.24, 2.45) is 11.8 Å². The van der Waals surface area contributed by atoms with Crippen molar-refractivity contribution >= 4 is 11.6 Å². The summed E-state index contributed by atoms with van der Waals surface area (Å²) in [5.74, 6) is 0.620. The number of carbonyl (C=O) groups is 2. The van der Waals surface area contributed by atoms with E-state index in [-0.39, 0.29) is 24.8 Å². The van der Waals surface area contributed by atoms with Crippen LogP contribution < -0.4 is 0 Å². The first-order valence-electron chi connectivity index (χ1n) is 5.69. The molecule has 94 valence electrons. The molecule has 0 N–H and O–H groups in total. The van der Waals surface area contributed by atoms with Crippen LogP contribution in [0.1, 0.15) is 40.5 Å². The molecule has 0 aliphatic heterocycles. The topological polar surface area (TPSA) is 52.6 Å². The van der Waals surface area contributed by atoms with Crippen LogP contribution >= 0.6 is 0 Å². The van der Waals surface area contributed by atoms with Crippen LogP contribution in [0.5, 0.6) is 0 Å². The second-order valence-corrected chi connectivity index (χ2v) is 4.80. The van der Waals surface area contributed by atoms with E-state index in [0.717, 1.165) is 0 Å². The van der Waals surface area contributed by atoms with Gasteiger partial charge >= 0.3 is 0 Å². The standard InChI is InChI=1S/C12H22O4/c1-9(2)5-11(13)7-15-16-8-12(14)6-10(3)4/h9-10H,5-8H2,1-4H3. The van der Waals surface area contributed by atoms with E-state index in [0.29, 0.717) is 24.7 Å². The van der Waals surface area contributed by atoms with Gasteiger partial charge in [-0.2, -0.15) is 0 Å². The van der Waals surface area contributed by atoms with Crippen LogP contribution in [-0.4, -0.2) is 24.8 Å². The molecule has 0 saturated carbocycles. The Labute approximate surface area is 97.2 Å². The van der Waals surface area contributed by atoms with Gasteiger partial charge in [-0.15, -0.1) is 0 Å². The second-order valence-electron chi connectivity index (χ2n) is 4.80. The fourth-order valence-electron chi connectivity index (χ4n) is 1.24. The van der Waals surface area contributed by atoms with Gasteiger partial charge in [0, 0.05) is 12.8 Å². The Morgan fingerprint density at radius 2 is 1.12 bits per heavy atom. The molecule has 0 spiro atoms. The highest BCUT2D eigenvalue weighted by molar-refractivity contribution is 5.80. The van der Waals surface area contributed by atoms with Crippen molar-refractivity contribution in [2.75, 3.05) is 13.2 Å². The summed E-state index contributed by atoms with van der Waals surface area (Å²) in [5, 5.41) is 0. The molecule has 0 radical (unpaired) electrons. The van der Waals surface area contributed by atoms with Crippen LogP contribution in [0.15, 0.2) is 0 Å². The summed E-state index contributed by atoms with van der Waals surface area (Å²) in [6, 6.07) is 0. The molecule has 0 saturated heterocycles. The zero-order valence-electron chi connectivity index (χ0n) is 10.6. The average molecular weight is 230 g/mol. The van der Waals surface area contributed by atoms with Gasteiger partial charge in [0.15, 0.2) is 11.6 Å². The maximum atomic E-state index is 11.2. The van der Waals surface area contributed by atoms with Gasteiger partial charge in [0.2, 0.25) is 0 Å². The molecule has 0 fully saturated rings. The molecule has 0 aliphatic carbocycles. The predicted molar refractivity (Wildman–Crippen MR) is 60.8 cm³/mol. The number of hydrogen-bond acceptors (Lipinski definition) is 4. The van der Waals surface area contributed by atoms with Crippen molar-refractivity contribution < 1.29 is 19.4 Å². The summed E-state index contributed by atoms with van der Waals surface area (Å²) in [7, 11) is 0. The van der Waals surface area contributed by atoms with E-state index in [4.69, 9.17) is 0 Å². The molecular formula is C12H22O4. The van der Waals surface area contributed by atoms with Crippen molar-refractivity contribution in [3.8, 4) is 0 Å². The molecule has 4 nitrogen and oxygen atoms in total. The highest BCUT2D eigenvalue weighted by atomic mass is 17.2. The number of Topliss-reactive ketones (excluding diaryl/α,β-unsaturated/α-hetero) is 2. The van der Waals surface area contributed by atoms with E-state index in [1.807, 2.05) is 27.7 Å². The van der Waals surface area contributed by atoms with E-state index in [1.54, 1.807) is 0 Å². The summed E-state index contributed by atoms with van der Waals surface area (Å²) < 4.78 is 0. The monoisotopic (exact) mass is 230 g/mol. The Bertz CT molecular complexity index is 197. The summed E-state index contributed by atoms with van der Waals surface area (Å²) in [4.78, 5) is 31.7. The highest BCUT2D eigenvalue weighted by Gasteiger charge is 2.08. The van der Waals surface area contributed by atoms with Crippen molar-refractivity contribution in [3.05, 3.63) is 0 Å². The van der Waals surface area contributed by atoms with Gasteiger partial charge in [-0.25, -0.2) is 9.78 Å². The molecule has 0 aromatic rings. The summed E-state index contributed by atoms with van der Waals surface area (Å²) in [6.45, 7) is 7.70. The van der Waals surface area contributed by atoms with E-state index in [1.165, 1.54) is 0 Å². The van der Waals surface area contributed by atoms with Gasteiger partial charge in [-0.3, -0.25) is 9.59 Å². The molecule has 0 bridgehead atoms. The first kappa shape index (κ1) is 15.3. The van der Waals surface area contributed by atoms with Crippen LogP contribution in [0.25, 0.3) is 0 Å². The molecule has 4 heteroatoms. The van der Waals surface area contributed by atoms with Gasteiger partial charge in [0.05, 0.1) is 0 Å². The van der Waals surface area contributed by atoms with E-state index >= 15 is 0 Å². The van der Waals surface area contributed by atoms with Crippen LogP contribution in [0.3, 0.4) is 0 Å². The molecule has 0 aromatic heterocycles. The highest BCUT2D eigenvalue weighted by Crippen LogP contribution is 2.02. The number of ketones is 2. The van der Waals surface area contributed by atoms with Crippen LogP contribution in [0, 0.1) is 11.8 Å². The van der Waals surface area contributed by atoms with E-state index in [2.05, 4.69) is 9.78 Å². The minimum absolute atomic E-state index is 0.00805. The maximum absolute atomic E-state index is 11.2. The minimum atomic E-state index is -0.0763. The lowest BCUT2D eigenvalue weighted by molar-refractivity contribution is -0.283. The predicted octanol–water partition coefficient (Wildman–Crippen LogP) is 2.17. The summed E-state index contributed by atoms with van der Waals surface area (Å²) in [6.07, 6.45) is 0.951. The minimum Gasteiger partial charge on any atom is -0.297 e. The number of carbonyl (C=O) groups excluding carboxylic acids is 2. The molecule has 0 aliphatic rings. The van der Waals surface area contributed by atoms with Crippen LogP contribution in [-0.2, 0) is 19.4 Å². The van der Waals surface area contributed by atoms with Gasteiger partial charge in [0.25, 0.3) is 0 Å². The summed E-state index contributed by atoms with van der Waals surface area (Å²) in [5.41, 5.74) is 0. The van der Waals surface area contributed by atoms with Crippen molar-refractivity contribution in [2.45, 2.75) is 40.5 Å². The lowest BCUT2D eigenvalue weighted by Crippen LogP contribution is -2.15. The van der Waals surface area contributed by atoms with E-state index in [9.17, 15) is 9.59 Å². The van der Waals surface area contributed by atoms with Gasteiger partial charge in [0.1, 0.15) is 13.2 Å². The van der Waals surface area contributed by atoms with Gasteiger partial charge < -0.3 is 0 Å². The molecule has 0 atom stereocenters. The zero-order valence-corrected chi connectivity index (χ0v) is 10.6. The van der Waals surface area contributed by atoms with Crippen LogP contribution in [0.4, 0.5) is 0 Å². The zero-order chi connectivity index (χ0) is 12.6. The number of rotatable bonds is 9. The first-order chi connectivity index (χ1) is 7.41. The third-order valence-corrected chi connectivity index (χ3v) is 1.79. The smallest absolute Gasteiger partial charge is 0.162 e. The molecular weight excluding hydrogens is 208 g/mol. The Kier molecular flexibility index (Phi) is 8.03. The first-order valence-corrected chi connectivity index (χ1v) is 5.69. The third-order valence-electron chi connectivity index (χ3n) is 1.79. The Hall–Kier alpha value is -0.740. The Morgan fingerprint density at radius 1 is 0.812 bits per heavy atom. The molecule has 0 amide bonds. The SMILES string of the molecule is CC(C)CC(=O)COOCC(=O)CC(C)C. The maximum Gasteiger partial charge on any atom is 0.162 e. The quantitative estimate of drug-likeness (QED) is 0.346. The summed E-state index contributed by atoms with van der Waals surface area (Å²) >= 11 is 0. The number of hydrogen-bond donors (Lipinski definition) is 0. The average Bonchev–Trinajstić information content (AvgIpc) is 2.10. The Morgan fingerprint density at radius 3 is 1.38 bits per heavy atom. The fraction of sp³-hybridized carbons (Fsp3) is 0.833. The molecule has 0 unspecified atom stereocenters. The molecule has 0 rings (SSSR count). The van der Waals surface area contributed by atoms with Crippen LogP contribution in [0.2, 0.25) is 0 Å². The van der Waals surface area contributed by atoms with Crippen molar-refractivity contribution in [3.63, 3.8) is 0 Å². The largest absolute Gasteiger partial charge is 0.297 e.